The molecule has 0 spiro atoms. The quantitative estimate of drug-likeness (QED) is 0.606. The van der Waals surface area contributed by atoms with Crippen LogP contribution >= 0.6 is 0 Å². The standard InChI is InChI=1S/C3H4N2.2C3H3NO/c1-2-4-5-3-1;1-2-5-3-4-1;1-2-4-5-3-1/h1-3H,(H,4,5);2*1-3H. The molecule has 0 fully saturated rings. The molecule has 0 atom stereocenters. The zero-order chi connectivity index (χ0) is 10.6. The van der Waals surface area contributed by atoms with Crippen LogP contribution in [0.15, 0.2) is 64.8 Å². The Morgan fingerprint density at radius 1 is 1.00 bits per heavy atom. The second kappa shape index (κ2) is 8.24. The van der Waals surface area contributed by atoms with Crippen LogP contribution in [0.25, 0.3) is 0 Å². The number of hydrogen-bond acceptors (Lipinski definition) is 5. The van der Waals surface area contributed by atoms with E-state index < -0.39 is 0 Å². The van der Waals surface area contributed by atoms with E-state index in [4.69, 9.17) is 0 Å². The third-order valence-corrected chi connectivity index (χ3v) is 1.10. The SMILES string of the molecule is c1cn[nH]c1.c1cnoc1.c1cocn1. The van der Waals surface area contributed by atoms with Gasteiger partial charge in [0.05, 0.1) is 12.4 Å². The molecular weight excluding hydrogens is 196 g/mol. The Morgan fingerprint density at radius 3 is 2.20 bits per heavy atom. The van der Waals surface area contributed by atoms with Crippen LogP contribution < -0.4 is 0 Å². The Hall–Kier alpha value is -2.37. The van der Waals surface area contributed by atoms with E-state index in [9.17, 15) is 0 Å². The van der Waals surface area contributed by atoms with Crippen LogP contribution in [-0.2, 0) is 0 Å². The Morgan fingerprint density at radius 2 is 2.00 bits per heavy atom. The Balaban J connectivity index is 0.000000112. The van der Waals surface area contributed by atoms with Gasteiger partial charge >= 0.3 is 0 Å². The zero-order valence-electron chi connectivity index (χ0n) is 7.85. The molecule has 0 aliphatic rings. The smallest absolute Gasteiger partial charge is 0.180 e. The Labute approximate surface area is 85.9 Å². The van der Waals surface area contributed by atoms with Crippen molar-refractivity contribution in [3.63, 3.8) is 0 Å². The van der Waals surface area contributed by atoms with Crippen molar-refractivity contribution in [3.8, 4) is 0 Å². The summed E-state index contributed by atoms with van der Waals surface area (Å²) in [4.78, 5) is 3.56. The molecule has 3 aromatic heterocycles. The molecule has 78 valence electrons. The van der Waals surface area contributed by atoms with Crippen LogP contribution in [0.5, 0.6) is 0 Å². The lowest BCUT2D eigenvalue weighted by molar-refractivity contribution is 0.420. The predicted molar refractivity (Wildman–Crippen MR) is 51.6 cm³/mol. The lowest BCUT2D eigenvalue weighted by Crippen LogP contribution is -1.53. The van der Waals surface area contributed by atoms with Crippen molar-refractivity contribution < 1.29 is 8.94 Å². The number of aromatic amines is 1. The summed E-state index contributed by atoms with van der Waals surface area (Å²) in [5.41, 5.74) is 0. The minimum atomic E-state index is 1.38. The molecule has 0 amide bonds. The van der Waals surface area contributed by atoms with Gasteiger partial charge in [-0.25, -0.2) is 4.98 Å². The van der Waals surface area contributed by atoms with Gasteiger partial charge in [-0.1, -0.05) is 5.16 Å². The highest BCUT2D eigenvalue weighted by Gasteiger charge is 1.60. The van der Waals surface area contributed by atoms with Crippen molar-refractivity contribution >= 4 is 0 Å². The van der Waals surface area contributed by atoms with Crippen molar-refractivity contribution in [2.45, 2.75) is 0 Å². The number of nitrogens with one attached hydrogen (secondary N) is 1. The molecule has 3 heterocycles. The van der Waals surface area contributed by atoms with Gasteiger partial charge < -0.3 is 8.94 Å². The van der Waals surface area contributed by atoms with Crippen molar-refractivity contribution in [2.24, 2.45) is 0 Å². The Kier molecular flexibility index (Phi) is 5.88. The summed E-state index contributed by atoms with van der Waals surface area (Å²) in [5.74, 6) is 0. The fourth-order valence-electron chi connectivity index (χ4n) is 0.567. The molecule has 0 saturated carbocycles. The topological polar surface area (TPSA) is 80.7 Å². The first-order valence-corrected chi connectivity index (χ1v) is 4.10. The van der Waals surface area contributed by atoms with Gasteiger partial charge in [0.1, 0.15) is 12.5 Å². The monoisotopic (exact) mass is 206 g/mol. The molecular formula is C9H10N4O2. The highest BCUT2D eigenvalue weighted by Crippen LogP contribution is 1.72. The first kappa shape index (κ1) is 10.7. The average Bonchev–Trinajstić information content (AvgIpc) is 3.09. The van der Waals surface area contributed by atoms with E-state index in [1.165, 1.54) is 18.9 Å². The highest BCUT2D eigenvalue weighted by atomic mass is 16.5. The molecule has 3 rings (SSSR count). The fraction of sp³-hybridized carbons (Fsp3) is 0. The molecule has 1 N–H and O–H groups in total. The van der Waals surface area contributed by atoms with E-state index in [0.29, 0.717) is 0 Å². The number of oxazole rings is 1. The molecule has 0 aliphatic carbocycles. The summed E-state index contributed by atoms with van der Waals surface area (Å²) in [7, 11) is 0. The van der Waals surface area contributed by atoms with E-state index in [-0.39, 0.29) is 0 Å². The van der Waals surface area contributed by atoms with Crippen LogP contribution in [-0.4, -0.2) is 20.3 Å². The second-order valence-corrected chi connectivity index (χ2v) is 2.13. The summed E-state index contributed by atoms with van der Waals surface area (Å²) in [6, 6.07) is 3.56. The van der Waals surface area contributed by atoms with E-state index in [2.05, 4.69) is 29.3 Å². The summed E-state index contributed by atoms with van der Waals surface area (Å²) in [5, 5.41) is 9.56. The van der Waals surface area contributed by atoms with Crippen molar-refractivity contribution in [1.29, 1.82) is 0 Å². The lowest BCUT2D eigenvalue weighted by atomic mass is 10.8. The molecule has 0 aliphatic heterocycles. The van der Waals surface area contributed by atoms with E-state index >= 15 is 0 Å². The van der Waals surface area contributed by atoms with Crippen molar-refractivity contribution in [1.82, 2.24) is 20.3 Å². The Bertz CT molecular complexity index is 252. The average molecular weight is 206 g/mol. The van der Waals surface area contributed by atoms with Gasteiger partial charge in [0, 0.05) is 12.4 Å². The largest absolute Gasteiger partial charge is 0.452 e. The molecule has 6 heteroatoms. The number of nitrogens with zero attached hydrogens (tertiary/aromatic N) is 3. The molecule has 0 unspecified atom stereocenters. The molecule has 0 radical (unpaired) electrons. The van der Waals surface area contributed by atoms with Crippen LogP contribution in [0, 0.1) is 0 Å². The first-order valence-electron chi connectivity index (χ1n) is 4.10. The third kappa shape index (κ3) is 6.76. The van der Waals surface area contributed by atoms with E-state index in [1.807, 2.05) is 6.07 Å². The zero-order valence-corrected chi connectivity index (χ0v) is 7.85. The van der Waals surface area contributed by atoms with Crippen LogP contribution in [0.4, 0.5) is 0 Å². The van der Waals surface area contributed by atoms with Gasteiger partial charge in [-0.3, -0.25) is 5.10 Å². The van der Waals surface area contributed by atoms with Crippen molar-refractivity contribution in [3.05, 3.63) is 55.8 Å². The maximum Gasteiger partial charge on any atom is 0.180 e. The maximum absolute atomic E-state index is 4.47. The highest BCUT2D eigenvalue weighted by molar-refractivity contribution is 4.72. The number of H-pyrrole nitrogens is 1. The molecule has 15 heavy (non-hydrogen) atoms. The summed E-state index contributed by atoms with van der Waals surface area (Å²) in [6.45, 7) is 0. The molecule has 0 bridgehead atoms. The summed E-state index contributed by atoms with van der Waals surface area (Å²) < 4.78 is 8.81. The van der Waals surface area contributed by atoms with Gasteiger partial charge in [0.25, 0.3) is 0 Å². The molecule has 6 nitrogen and oxygen atoms in total. The summed E-state index contributed by atoms with van der Waals surface area (Å²) >= 11 is 0. The predicted octanol–water partition coefficient (Wildman–Crippen LogP) is 1.76. The number of aromatic nitrogens is 4. The van der Waals surface area contributed by atoms with Crippen molar-refractivity contribution in [2.75, 3.05) is 0 Å². The minimum absolute atomic E-state index is 1.38. The van der Waals surface area contributed by atoms with Gasteiger partial charge in [-0.15, -0.1) is 0 Å². The van der Waals surface area contributed by atoms with Gasteiger partial charge in [0.2, 0.25) is 0 Å². The first-order chi connectivity index (χ1) is 7.50. The van der Waals surface area contributed by atoms with Gasteiger partial charge in [-0.2, -0.15) is 5.10 Å². The van der Waals surface area contributed by atoms with Gasteiger partial charge in [-0.05, 0) is 12.1 Å². The second-order valence-electron chi connectivity index (χ2n) is 2.13. The third-order valence-electron chi connectivity index (χ3n) is 1.10. The lowest BCUT2D eigenvalue weighted by Gasteiger charge is -1.49. The normalized spacial score (nSPS) is 8.00. The molecule has 0 saturated heterocycles. The van der Waals surface area contributed by atoms with Crippen LogP contribution in [0.2, 0.25) is 0 Å². The molecule has 3 aromatic rings. The van der Waals surface area contributed by atoms with Gasteiger partial charge in [0.15, 0.2) is 6.39 Å². The van der Waals surface area contributed by atoms with Crippen LogP contribution in [0.3, 0.4) is 0 Å². The molecule has 0 aromatic carbocycles. The maximum atomic E-state index is 4.47. The van der Waals surface area contributed by atoms with E-state index in [1.54, 1.807) is 30.9 Å². The minimum Gasteiger partial charge on any atom is -0.452 e. The number of hydrogen-bond donors (Lipinski definition) is 1. The fourth-order valence-corrected chi connectivity index (χ4v) is 0.567. The van der Waals surface area contributed by atoms with Crippen LogP contribution in [0.1, 0.15) is 0 Å². The summed E-state index contributed by atoms with van der Waals surface area (Å²) in [6.07, 6.45) is 11.0. The number of rotatable bonds is 0. The van der Waals surface area contributed by atoms with E-state index in [0.717, 1.165) is 0 Å².